The van der Waals surface area contributed by atoms with Crippen LogP contribution in [0.25, 0.3) is 0 Å². The first-order valence-electron chi connectivity index (χ1n) is 3.15. The highest BCUT2D eigenvalue weighted by Crippen LogP contribution is 1.80. The van der Waals surface area contributed by atoms with Crippen LogP contribution >= 0.6 is 0 Å². The molecule has 0 bridgehead atoms. The van der Waals surface area contributed by atoms with Gasteiger partial charge in [0, 0.05) is 0 Å². The third-order valence-corrected chi connectivity index (χ3v) is 0.828. The summed E-state index contributed by atoms with van der Waals surface area (Å²) in [5.41, 5.74) is 0. The monoisotopic (exact) mass is 132 g/mol. The van der Waals surface area contributed by atoms with Gasteiger partial charge >= 0.3 is 0 Å². The van der Waals surface area contributed by atoms with E-state index in [9.17, 15) is 0 Å². The first-order valence-corrected chi connectivity index (χ1v) is 3.15. The Morgan fingerprint density at radius 1 is 0.500 bits per heavy atom. The molecule has 0 atom stereocenters. The Balaban J connectivity index is 3.55. The molecule has 0 aromatic heterocycles. The van der Waals surface area contributed by atoms with E-state index in [1.165, 1.54) is 0 Å². The first-order chi connectivity index (χ1) is 4.91. The van der Waals surface area contributed by atoms with Crippen LogP contribution in [0, 0.1) is 0 Å². The lowest BCUT2D eigenvalue weighted by molar-refractivity contribution is 1.88. The van der Waals surface area contributed by atoms with Crippen LogP contribution in [0.3, 0.4) is 0 Å². The fourth-order valence-electron chi connectivity index (χ4n) is 0.414. The maximum absolute atomic E-state index is 3.54. The lowest BCUT2D eigenvalue weighted by Gasteiger charge is -1.70. The van der Waals surface area contributed by atoms with Gasteiger partial charge < -0.3 is 0 Å². The highest BCUT2D eigenvalue weighted by atomic mass is 13.7. The Morgan fingerprint density at radius 3 is 1.10 bits per heavy atom. The molecule has 0 aromatic rings. The van der Waals surface area contributed by atoms with Gasteiger partial charge in [-0.2, -0.15) is 0 Å². The van der Waals surface area contributed by atoms with Gasteiger partial charge in [-0.3, -0.25) is 0 Å². The maximum atomic E-state index is 3.54. The van der Waals surface area contributed by atoms with Crippen molar-refractivity contribution in [1.82, 2.24) is 0 Å². The van der Waals surface area contributed by atoms with E-state index >= 15 is 0 Å². The van der Waals surface area contributed by atoms with Crippen molar-refractivity contribution in [2.45, 2.75) is 0 Å². The van der Waals surface area contributed by atoms with Gasteiger partial charge in [0.25, 0.3) is 0 Å². The summed E-state index contributed by atoms with van der Waals surface area (Å²) in [5, 5.41) is 0. The van der Waals surface area contributed by atoms with E-state index in [-0.39, 0.29) is 0 Å². The molecule has 0 amide bonds. The first kappa shape index (κ1) is 8.70. The van der Waals surface area contributed by atoms with Gasteiger partial charge in [-0.1, -0.05) is 61.8 Å². The van der Waals surface area contributed by atoms with Crippen molar-refractivity contribution in [3.63, 3.8) is 0 Å². The summed E-state index contributed by atoms with van der Waals surface area (Å²) in [5.74, 6) is 0. The van der Waals surface area contributed by atoms with E-state index in [1.807, 2.05) is 36.5 Å². The molecule has 0 spiro atoms. The van der Waals surface area contributed by atoms with Crippen molar-refractivity contribution >= 4 is 0 Å². The molecule has 0 heteroatoms. The topological polar surface area (TPSA) is 0 Å². The van der Waals surface area contributed by atoms with E-state index in [1.54, 1.807) is 12.2 Å². The zero-order chi connectivity index (χ0) is 7.66. The van der Waals surface area contributed by atoms with Crippen LogP contribution in [0.2, 0.25) is 0 Å². The lowest BCUT2D eigenvalue weighted by Crippen LogP contribution is -1.48. The molecule has 0 nitrogen and oxygen atoms in total. The molecular formula is C10H12. The molecule has 10 heavy (non-hydrogen) atoms. The molecule has 52 valence electrons. The van der Waals surface area contributed by atoms with Crippen molar-refractivity contribution in [2.75, 3.05) is 0 Å². The van der Waals surface area contributed by atoms with Crippen molar-refractivity contribution in [2.24, 2.45) is 0 Å². The molecule has 0 N–H and O–H groups in total. The van der Waals surface area contributed by atoms with Crippen molar-refractivity contribution in [3.8, 4) is 0 Å². The highest BCUT2D eigenvalue weighted by molar-refractivity contribution is 5.16. The smallest absolute Gasteiger partial charge is 0.0623 e. The molecule has 0 unspecified atom stereocenters. The minimum absolute atomic E-state index is 1.74. The van der Waals surface area contributed by atoms with Gasteiger partial charge in [0.1, 0.15) is 0 Å². The average molecular weight is 132 g/mol. The molecule has 0 fully saturated rings. The second-order valence-corrected chi connectivity index (χ2v) is 1.63. The van der Waals surface area contributed by atoms with E-state index in [0.29, 0.717) is 0 Å². The molecule has 0 heterocycles. The molecule has 0 radical (unpaired) electrons. The predicted molar refractivity (Wildman–Crippen MR) is 47.8 cm³/mol. The fourth-order valence-corrected chi connectivity index (χ4v) is 0.414. The third-order valence-electron chi connectivity index (χ3n) is 0.828. The molecular weight excluding hydrogens is 120 g/mol. The van der Waals surface area contributed by atoms with Gasteiger partial charge in [-0.05, 0) is 0 Å². The van der Waals surface area contributed by atoms with E-state index < -0.39 is 0 Å². The van der Waals surface area contributed by atoms with E-state index in [2.05, 4.69) is 13.2 Å². The maximum Gasteiger partial charge on any atom is -0.0623 e. The summed E-state index contributed by atoms with van der Waals surface area (Å²) >= 11 is 0. The Bertz CT molecular complexity index is 148. The second kappa shape index (κ2) is 7.70. The summed E-state index contributed by atoms with van der Waals surface area (Å²) in [6.45, 7) is 7.08. The van der Waals surface area contributed by atoms with Crippen LogP contribution in [0.15, 0.2) is 61.8 Å². The van der Waals surface area contributed by atoms with Crippen molar-refractivity contribution in [1.29, 1.82) is 0 Å². The summed E-state index contributed by atoms with van der Waals surface area (Å²) in [4.78, 5) is 0. The second-order valence-electron chi connectivity index (χ2n) is 1.63. The molecule has 0 saturated carbocycles. The molecule has 0 aliphatic rings. The molecule has 0 saturated heterocycles. The molecule has 0 aromatic carbocycles. The Labute approximate surface area is 62.6 Å². The minimum atomic E-state index is 1.74. The summed E-state index contributed by atoms with van der Waals surface area (Å²) in [7, 11) is 0. The van der Waals surface area contributed by atoms with Crippen molar-refractivity contribution in [3.05, 3.63) is 61.8 Å². The Hall–Kier alpha value is -1.30. The fraction of sp³-hybridized carbons (Fsp3) is 0. The van der Waals surface area contributed by atoms with Gasteiger partial charge in [0.2, 0.25) is 0 Å². The van der Waals surface area contributed by atoms with Gasteiger partial charge in [-0.25, -0.2) is 0 Å². The third kappa shape index (κ3) is 6.70. The van der Waals surface area contributed by atoms with Crippen LogP contribution in [0.5, 0.6) is 0 Å². The Kier molecular flexibility index (Phi) is 6.70. The average Bonchev–Trinajstić information content (AvgIpc) is 1.97. The zero-order valence-electron chi connectivity index (χ0n) is 6.03. The molecule has 0 aliphatic carbocycles. The summed E-state index contributed by atoms with van der Waals surface area (Å²) in [6.07, 6.45) is 14.9. The van der Waals surface area contributed by atoms with Gasteiger partial charge in [-0.15, -0.1) is 0 Å². The zero-order valence-corrected chi connectivity index (χ0v) is 6.03. The van der Waals surface area contributed by atoms with Crippen LogP contribution in [-0.2, 0) is 0 Å². The van der Waals surface area contributed by atoms with Gasteiger partial charge in [0.05, 0.1) is 0 Å². The van der Waals surface area contributed by atoms with E-state index in [4.69, 9.17) is 0 Å². The Morgan fingerprint density at radius 2 is 0.800 bits per heavy atom. The number of allylic oxidation sites excluding steroid dienone is 8. The predicted octanol–water partition coefficient (Wildman–Crippen LogP) is 3.03. The van der Waals surface area contributed by atoms with Crippen LogP contribution < -0.4 is 0 Å². The number of rotatable bonds is 4. The lowest BCUT2D eigenvalue weighted by atomic mass is 10.4. The summed E-state index contributed by atoms with van der Waals surface area (Å²) < 4.78 is 0. The molecule has 0 rings (SSSR count). The van der Waals surface area contributed by atoms with Crippen LogP contribution in [-0.4, -0.2) is 0 Å². The SMILES string of the molecule is C=C\C=C/C=C\C=C\C=C. The number of hydrogen-bond acceptors (Lipinski definition) is 0. The van der Waals surface area contributed by atoms with Crippen molar-refractivity contribution < 1.29 is 0 Å². The minimum Gasteiger partial charge on any atom is -0.0991 e. The largest absolute Gasteiger partial charge is 0.0991 e. The van der Waals surface area contributed by atoms with Crippen LogP contribution in [0.1, 0.15) is 0 Å². The molecule has 0 aliphatic heterocycles. The summed E-state index contributed by atoms with van der Waals surface area (Å²) in [6, 6.07) is 0. The standard InChI is InChI=1S/C10H12/c1-3-5-7-9-10-8-6-4-2/h3-10H,1-2H2/b7-5-,8-6+,10-9-. The number of hydrogen-bond donors (Lipinski definition) is 0. The highest BCUT2D eigenvalue weighted by Gasteiger charge is 1.58. The van der Waals surface area contributed by atoms with E-state index in [0.717, 1.165) is 0 Å². The normalized spacial score (nSPS) is 11.6. The van der Waals surface area contributed by atoms with Crippen LogP contribution in [0.4, 0.5) is 0 Å². The quantitative estimate of drug-likeness (QED) is 0.516. The van der Waals surface area contributed by atoms with Gasteiger partial charge in [0.15, 0.2) is 0 Å².